The summed E-state index contributed by atoms with van der Waals surface area (Å²) in [5, 5.41) is 7.67. The van der Waals surface area contributed by atoms with Gasteiger partial charge in [0.2, 0.25) is 0 Å². The third-order valence-corrected chi connectivity index (χ3v) is 3.37. The van der Waals surface area contributed by atoms with Gasteiger partial charge < -0.3 is 14.6 Å². The number of ether oxygens (including phenoxy) is 1. The molecule has 1 heterocycles. The van der Waals surface area contributed by atoms with Gasteiger partial charge in [-0.3, -0.25) is 4.79 Å². The molecule has 3 aromatic rings. The number of nitrogens with one attached hydrogen (secondary N) is 1. The Hall–Kier alpha value is -2.66. The molecule has 0 aliphatic carbocycles. The summed E-state index contributed by atoms with van der Waals surface area (Å²) in [5.74, 6) is 0.529. The van der Waals surface area contributed by atoms with Crippen molar-refractivity contribution >= 4 is 16.8 Å². The first-order valence-corrected chi connectivity index (χ1v) is 7.01. The number of methoxy groups -OCH3 is 1. The molecule has 5 heteroatoms. The molecule has 1 amide bonds. The van der Waals surface area contributed by atoms with Crippen LogP contribution < -0.4 is 5.32 Å². The average Bonchev–Trinajstić information content (AvgIpc) is 2.99. The highest BCUT2D eigenvalue weighted by molar-refractivity contribution is 6.00. The van der Waals surface area contributed by atoms with E-state index in [4.69, 9.17) is 9.26 Å². The van der Waals surface area contributed by atoms with Crippen LogP contribution in [0.2, 0.25) is 0 Å². The Bertz CT molecular complexity index is 781. The highest BCUT2D eigenvalue weighted by Gasteiger charge is 2.13. The van der Waals surface area contributed by atoms with Gasteiger partial charge in [-0.15, -0.1) is 0 Å². The van der Waals surface area contributed by atoms with E-state index < -0.39 is 0 Å². The molecule has 2 aromatic carbocycles. The quantitative estimate of drug-likeness (QED) is 0.735. The van der Waals surface area contributed by atoms with Crippen LogP contribution in [0.4, 0.5) is 0 Å². The second-order valence-corrected chi connectivity index (χ2v) is 4.86. The molecule has 0 unspecified atom stereocenters. The third-order valence-electron chi connectivity index (χ3n) is 3.37. The highest BCUT2D eigenvalue weighted by atomic mass is 16.5. The summed E-state index contributed by atoms with van der Waals surface area (Å²) in [7, 11) is 1.60. The molecule has 0 aliphatic heterocycles. The predicted molar refractivity (Wildman–Crippen MR) is 83.7 cm³/mol. The number of rotatable bonds is 5. The van der Waals surface area contributed by atoms with Gasteiger partial charge in [-0.1, -0.05) is 35.5 Å². The molecule has 5 nitrogen and oxygen atoms in total. The Labute approximate surface area is 127 Å². The van der Waals surface area contributed by atoms with Gasteiger partial charge in [0.1, 0.15) is 5.52 Å². The minimum Gasteiger partial charge on any atom is -0.383 e. The summed E-state index contributed by atoms with van der Waals surface area (Å²) in [6.07, 6.45) is 0. The number of aromatic nitrogens is 1. The van der Waals surface area contributed by atoms with E-state index in [1.807, 2.05) is 30.3 Å². The molecule has 0 atom stereocenters. The molecular formula is C17H16N2O3. The second kappa shape index (κ2) is 6.41. The van der Waals surface area contributed by atoms with Crippen LogP contribution in [0.1, 0.15) is 10.4 Å². The number of carbonyl (C=O) groups excluding carboxylic acids is 1. The Morgan fingerprint density at radius 1 is 1.23 bits per heavy atom. The smallest absolute Gasteiger partial charge is 0.251 e. The second-order valence-electron chi connectivity index (χ2n) is 4.86. The van der Waals surface area contributed by atoms with E-state index >= 15 is 0 Å². The lowest BCUT2D eigenvalue weighted by Gasteiger charge is -2.04. The summed E-state index contributed by atoms with van der Waals surface area (Å²) in [6.45, 7) is 0.957. The molecule has 0 bridgehead atoms. The van der Waals surface area contributed by atoms with Crippen LogP contribution in [0.3, 0.4) is 0 Å². The Morgan fingerprint density at radius 3 is 2.82 bits per heavy atom. The van der Waals surface area contributed by atoms with Gasteiger partial charge in [-0.05, 0) is 18.2 Å². The lowest BCUT2D eigenvalue weighted by Crippen LogP contribution is -2.26. The van der Waals surface area contributed by atoms with E-state index in [0.717, 1.165) is 16.5 Å². The number of amides is 1. The molecule has 112 valence electrons. The van der Waals surface area contributed by atoms with Crippen LogP contribution in [0.25, 0.3) is 22.2 Å². The maximum Gasteiger partial charge on any atom is 0.251 e. The van der Waals surface area contributed by atoms with E-state index in [2.05, 4.69) is 10.5 Å². The van der Waals surface area contributed by atoms with Crippen molar-refractivity contribution in [3.8, 4) is 11.3 Å². The standard InChI is InChI=1S/C17H16N2O3/c1-21-10-9-18-17(20)13-7-8-15-14(11-13)16(22-19-15)12-5-3-2-4-6-12/h2-8,11H,9-10H2,1H3,(H,18,20). The van der Waals surface area contributed by atoms with Crippen LogP contribution >= 0.6 is 0 Å². The average molecular weight is 296 g/mol. The first kappa shape index (κ1) is 14.3. The molecule has 22 heavy (non-hydrogen) atoms. The van der Waals surface area contributed by atoms with Crippen molar-refractivity contribution < 1.29 is 14.1 Å². The zero-order valence-corrected chi connectivity index (χ0v) is 12.2. The number of hydrogen-bond donors (Lipinski definition) is 1. The van der Waals surface area contributed by atoms with E-state index in [1.165, 1.54) is 0 Å². The molecule has 0 spiro atoms. The fourth-order valence-electron chi connectivity index (χ4n) is 2.25. The first-order valence-electron chi connectivity index (χ1n) is 7.01. The van der Waals surface area contributed by atoms with Crippen molar-refractivity contribution in [1.82, 2.24) is 10.5 Å². The summed E-state index contributed by atoms with van der Waals surface area (Å²) >= 11 is 0. The lowest BCUT2D eigenvalue weighted by atomic mass is 10.1. The zero-order valence-electron chi connectivity index (χ0n) is 12.2. The maximum absolute atomic E-state index is 12.1. The third kappa shape index (κ3) is 2.84. The summed E-state index contributed by atoms with van der Waals surface area (Å²) < 4.78 is 10.4. The first-order chi connectivity index (χ1) is 10.8. The summed E-state index contributed by atoms with van der Waals surface area (Å²) in [6, 6.07) is 15.0. The number of fused-ring (bicyclic) bond motifs is 1. The predicted octanol–water partition coefficient (Wildman–Crippen LogP) is 2.87. The highest BCUT2D eigenvalue weighted by Crippen LogP contribution is 2.29. The number of nitrogens with zero attached hydrogens (tertiary/aromatic N) is 1. The van der Waals surface area contributed by atoms with Gasteiger partial charge >= 0.3 is 0 Å². The van der Waals surface area contributed by atoms with E-state index in [0.29, 0.717) is 24.5 Å². The summed E-state index contributed by atoms with van der Waals surface area (Å²) in [4.78, 5) is 12.1. The number of hydrogen-bond acceptors (Lipinski definition) is 4. The van der Waals surface area contributed by atoms with Crippen molar-refractivity contribution in [2.75, 3.05) is 20.3 Å². The maximum atomic E-state index is 12.1. The minimum atomic E-state index is -0.140. The zero-order chi connectivity index (χ0) is 15.4. The van der Waals surface area contributed by atoms with Crippen molar-refractivity contribution in [3.63, 3.8) is 0 Å². The Kier molecular flexibility index (Phi) is 4.16. The van der Waals surface area contributed by atoms with Gasteiger partial charge in [0.15, 0.2) is 5.76 Å². The van der Waals surface area contributed by atoms with E-state index in [9.17, 15) is 4.79 Å². The van der Waals surface area contributed by atoms with Crippen molar-refractivity contribution in [2.24, 2.45) is 0 Å². The van der Waals surface area contributed by atoms with Crippen molar-refractivity contribution in [2.45, 2.75) is 0 Å². The molecule has 3 rings (SSSR count). The minimum absolute atomic E-state index is 0.140. The Morgan fingerprint density at radius 2 is 2.05 bits per heavy atom. The fraction of sp³-hybridized carbons (Fsp3) is 0.176. The molecular weight excluding hydrogens is 280 g/mol. The SMILES string of the molecule is COCCNC(=O)c1ccc2noc(-c3ccccc3)c2c1. The number of carbonyl (C=O) groups is 1. The van der Waals surface area contributed by atoms with Crippen LogP contribution in [-0.4, -0.2) is 31.3 Å². The van der Waals surface area contributed by atoms with Gasteiger partial charge in [-0.2, -0.15) is 0 Å². The molecule has 0 aliphatic rings. The number of benzene rings is 2. The topological polar surface area (TPSA) is 64.4 Å². The molecule has 0 saturated heterocycles. The van der Waals surface area contributed by atoms with Gasteiger partial charge in [-0.25, -0.2) is 0 Å². The monoisotopic (exact) mass is 296 g/mol. The van der Waals surface area contributed by atoms with Crippen LogP contribution in [-0.2, 0) is 4.74 Å². The fourth-order valence-corrected chi connectivity index (χ4v) is 2.25. The molecule has 1 N–H and O–H groups in total. The van der Waals surface area contributed by atoms with E-state index in [-0.39, 0.29) is 5.91 Å². The van der Waals surface area contributed by atoms with Crippen molar-refractivity contribution in [3.05, 3.63) is 54.1 Å². The van der Waals surface area contributed by atoms with Crippen LogP contribution in [0.15, 0.2) is 53.1 Å². The van der Waals surface area contributed by atoms with Gasteiger partial charge in [0, 0.05) is 24.8 Å². The Balaban J connectivity index is 1.93. The molecule has 0 fully saturated rings. The van der Waals surface area contributed by atoms with E-state index in [1.54, 1.807) is 25.3 Å². The normalized spacial score (nSPS) is 10.8. The summed E-state index contributed by atoms with van der Waals surface area (Å²) in [5.41, 5.74) is 2.23. The van der Waals surface area contributed by atoms with Crippen LogP contribution in [0, 0.1) is 0 Å². The molecule has 0 radical (unpaired) electrons. The largest absolute Gasteiger partial charge is 0.383 e. The van der Waals surface area contributed by atoms with Crippen molar-refractivity contribution in [1.29, 1.82) is 0 Å². The van der Waals surface area contributed by atoms with Gasteiger partial charge in [0.05, 0.1) is 12.0 Å². The molecule has 0 saturated carbocycles. The lowest BCUT2D eigenvalue weighted by molar-refractivity contribution is 0.0937. The molecule has 1 aromatic heterocycles. The van der Waals surface area contributed by atoms with Gasteiger partial charge in [0.25, 0.3) is 5.91 Å². The van der Waals surface area contributed by atoms with Crippen LogP contribution in [0.5, 0.6) is 0 Å².